The van der Waals surface area contributed by atoms with Crippen LogP contribution < -0.4 is 0 Å². The lowest BCUT2D eigenvalue weighted by Gasteiger charge is -2.07. The van der Waals surface area contributed by atoms with E-state index in [2.05, 4.69) is 0 Å². The molecule has 1 aromatic carbocycles. The summed E-state index contributed by atoms with van der Waals surface area (Å²) in [7, 11) is 0. The minimum atomic E-state index is -0.833. The van der Waals surface area contributed by atoms with Gasteiger partial charge in [0.1, 0.15) is 5.25 Å². The van der Waals surface area contributed by atoms with Gasteiger partial charge >= 0.3 is 5.97 Å². The zero-order chi connectivity index (χ0) is 13.7. The molecule has 0 saturated carbocycles. The first kappa shape index (κ1) is 14.8. The van der Waals surface area contributed by atoms with Crippen molar-refractivity contribution in [1.29, 1.82) is 0 Å². The molecule has 0 heterocycles. The molecule has 0 bridgehead atoms. The van der Waals surface area contributed by atoms with E-state index in [-0.39, 0.29) is 5.78 Å². The second-order valence-electron chi connectivity index (χ2n) is 4.64. The highest BCUT2D eigenvalue weighted by Gasteiger charge is 2.13. The average Bonchev–Trinajstić information content (AvgIpc) is 2.28. The van der Waals surface area contributed by atoms with Crippen molar-refractivity contribution in [3.63, 3.8) is 0 Å². The molecule has 0 aromatic heterocycles. The number of carboxylic acids is 1. The summed E-state index contributed by atoms with van der Waals surface area (Å²) >= 11 is 1.28. The smallest absolute Gasteiger partial charge is 0.316 e. The van der Waals surface area contributed by atoms with Crippen molar-refractivity contribution in [1.82, 2.24) is 0 Å². The standard InChI is InChI=1S/C14H18O3S/c1-9(2)8-13(15)11-4-6-12(7-5-11)18-10(3)14(16)17/h4-7,9-10H,8H2,1-3H3,(H,16,17). The number of carboxylic acid groups (broad SMARTS) is 1. The molecule has 0 spiro atoms. The molecule has 0 aliphatic rings. The number of aliphatic carboxylic acids is 1. The van der Waals surface area contributed by atoms with E-state index in [1.165, 1.54) is 11.8 Å². The van der Waals surface area contributed by atoms with Gasteiger partial charge in [-0.1, -0.05) is 26.0 Å². The van der Waals surface area contributed by atoms with Crippen LogP contribution in [0, 0.1) is 5.92 Å². The number of hydrogen-bond donors (Lipinski definition) is 1. The largest absolute Gasteiger partial charge is 0.480 e. The second-order valence-corrected chi connectivity index (χ2v) is 6.06. The summed E-state index contributed by atoms with van der Waals surface area (Å²) in [6.45, 7) is 5.66. The van der Waals surface area contributed by atoms with E-state index in [1.807, 2.05) is 13.8 Å². The molecule has 1 atom stereocenters. The normalized spacial score (nSPS) is 12.4. The maximum atomic E-state index is 11.8. The number of carbonyl (C=O) groups is 2. The van der Waals surface area contributed by atoms with Crippen LogP contribution in [-0.2, 0) is 4.79 Å². The number of ketones is 1. The third-order valence-corrected chi connectivity index (χ3v) is 3.53. The Morgan fingerprint density at radius 1 is 1.17 bits per heavy atom. The molecule has 98 valence electrons. The van der Waals surface area contributed by atoms with Gasteiger partial charge in [-0.2, -0.15) is 0 Å². The molecule has 4 heteroatoms. The molecule has 0 aliphatic heterocycles. The first-order valence-electron chi connectivity index (χ1n) is 5.93. The van der Waals surface area contributed by atoms with Gasteiger partial charge < -0.3 is 5.11 Å². The first-order chi connectivity index (χ1) is 8.40. The molecule has 0 radical (unpaired) electrons. The Kier molecular flexibility index (Phi) is 5.41. The lowest BCUT2D eigenvalue weighted by molar-refractivity contribution is -0.136. The van der Waals surface area contributed by atoms with Crippen LogP contribution in [0.1, 0.15) is 37.6 Å². The molecule has 0 amide bonds. The lowest BCUT2D eigenvalue weighted by Crippen LogP contribution is -2.11. The molecule has 3 nitrogen and oxygen atoms in total. The summed E-state index contributed by atoms with van der Waals surface area (Å²) in [5, 5.41) is 8.33. The molecule has 0 aliphatic carbocycles. The van der Waals surface area contributed by atoms with Crippen molar-refractivity contribution >= 4 is 23.5 Å². The van der Waals surface area contributed by atoms with Crippen molar-refractivity contribution in [3.05, 3.63) is 29.8 Å². The third kappa shape index (κ3) is 4.53. The lowest BCUT2D eigenvalue weighted by atomic mass is 10.0. The maximum Gasteiger partial charge on any atom is 0.316 e. The van der Waals surface area contributed by atoms with Crippen LogP contribution in [0.5, 0.6) is 0 Å². The number of benzene rings is 1. The zero-order valence-corrected chi connectivity index (χ0v) is 11.7. The van der Waals surface area contributed by atoms with E-state index in [0.717, 1.165) is 4.90 Å². The van der Waals surface area contributed by atoms with Gasteiger partial charge in [0.2, 0.25) is 0 Å². The highest BCUT2D eigenvalue weighted by molar-refractivity contribution is 8.00. The zero-order valence-electron chi connectivity index (χ0n) is 10.8. The fourth-order valence-electron chi connectivity index (χ4n) is 1.46. The topological polar surface area (TPSA) is 54.4 Å². The highest BCUT2D eigenvalue weighted by atomic mass is 32.2. The molecule has 1 N–H and O–H groups in total. The SMILES string of the molecule is CC(C)CC(=O)c1ccc(SC(C)C(=O)O)cc1. The van der Waals surface area contributed by atoms with Gasteiger partial charge in [-0.05, 0) is 25.0 Å². The monoisotopic (exact) mass is 266 g/mol. The van der Waals surface area contributed by atoms with Gasteiger partial charge in [0.15, 0.2) is 5.78 Å². The van der Waals surface area contributed by atoms with Crippen molar-refractivity contribution in [2.45, 2.75) is 37.3 Å². The van der Waals surface area contributed by atoms with E-state index in [0.29, 0.717) is 17.9 Å². The van der Waals surface area contributed by atoms with Crippen LogP contribution in [0.15, 0.2) is 29.2 Å². The Morgan fingerprint density at radius 3 is 2.17 bits per heavy atom. The molecule has 1 aromatic rings. The molecule has 0 fully saturated rings. The number of rotatable bonds is 6. The van der Waals surface area contributed by atoms with Crippen LogP contribution in [0.25, 0.3) is 0 Å². The molecular formula is C14H18O3S. The average molecular weight is 266 g/mol. The summed E-state index contributed by atoms with van der Waals surface area (Å²) < 4.78 is 0. The van der Waals surface area contributed by atoms with E-state index in [9.17, 15) is 9.59 Å². The summed E-state index contributed by atoms with van der Waals surface area (Å²) in [4.78, 5) is 23.4. The Hall–Kier alpha value is -1.29. The van der Waals surface area contributed by atoms with E-state index >= 15 is 0 Å². The second kappa shape index (κ2) is 6.59. The number of Topliss-reactive ketones (excluding diaryl/α,β-unsaturated/α-hetero) is 1. The summed E-state index contributed by atoms with van der Waals surface area (Å²) in [5.74, 6) is -0.355. The third-order valence-electron chi connectivity index (χ3n) is 2.43. The maximum absolute atomic E-state index is 11.8. The number of hydrogen-bond acceptors (Lipinski definition) is 3. The van der Waals surface area contributed by atoms with Crippen molar-refractivity contribution in [2.24, 2.45) is 5.92 Å². The molecular weight excluding hydrogens is 248 g/mol. The van der Waals surface area contributed by atoms with Gasteiger partial charge in [0.05, 0.1) is 0 Å². The van der Waals surface area contributed by atoms with Crippen molar-refractivity contribution in [2.75, 3.05) is 0 Å². The Morgan fingerprint density at radius 2 is 1.72 bits per heavy atom. The van der Waals surface area contributed by atoms with E-state index < -0.39 is 11.2 Å². The Bertz CT molecular complexity index is 423. The van der Waals surface area contributed by atoms with Crippen LogP contribution in [0.2, 0.25) is 0 Å². The van der Waals surface area contributed by atoms with Crippen LogP contribution in [-0.4, -0.2) is 22.1 Å². The number of thioether (sulfide) groups is 1. The highest BCUT2D eigenvalue weighted by Crippen LogP contribution is 2.24. The van der Waals surface area contributed by atoms with Crippen LogP contribution >= 0.6 is 11.8 Å². The van der Waals surface area contributed by atoms with Crippen LogP contribution in [0.4, 0.5) is 0 Å². The molecule has 0 saturated heterocycles. The Balaban J connectivity index is 2.68. The van der Waals surface area contributed by atoms with Crippen LogP contribution in [0.3, 0.4) is 0 Å². The molecule has 1 rings (SSSR count). The van der Waals surface area contributed by atoms with E-state index in [1.54, 1.807) is 31.2 Å². The fraction of sp³-hybridized carbons (Fsp3) is 0.429. The molecule has 18 heavy (non-hydrogen) atoms. The van der Waals surface area contributed by atoms with Gasteiger partial charge in [0, 0.05) is 16.9 Å². The van der Waals surface area contributed by atoms with Gasteiger partial charge in [0.25, 0.3) is 0 Å². The quantitative estimate of drug-likeness (QED) is 0.632. The predicted molar refractivity (Wildman–Crippen MR) is 73.2 cm³/mol. The summed E-state index contributed by atoms with van der Waals surface area (Å²) in [6, 6.07) is 7.14. The minimum absolute atomic E-state index is 0.132. The fourth-order valence-corrected chi connectivity index (χ4v) is 2.26. The first-order valence-corrected chi connectivity index (χ1v) is 6.81. The molecule has 1 unspecified atom stereocenters. The minimum Gasteiger partial charge on any atom is -0.480 e. The Labute approximate surface area is 112 Å². The van der Waals surface area contributed by atoms with E-state index in [4.69, 9.17) is 5.11 Å². The summed E-state index contributed by atoms with van der Waals surface area (Å²) in [6.07, 6.45) is 0.540. The van der Waals surface area contributed by atoms with Gasteiger partial charge in [-0.3, -0.25) is 9.59 Å². The van der Waals surface area contributed by atoms with Crippen molar-refractivity contribution in [3.8, 4) is 0 Å². The van der Waals surface area contributed by atoms with Gasteiger partial charge in [-0.15, -0.1) is 11.8 Å². The van der Waals surface area contributed by atoms with Crippen molar-refractivity contribution < 1.29 is 14.7 Å². The van der Waals surface area contributed by atoms with Gasteiger partial charge in [-0.25, -0.2) is 0 Å². The predicted octanol–water partition coefficient (Wildman–Crippen LogP) is 3.48. The summed E-state index contributed by atoms with van der Waals surface area (Å²) in [5.41, 5.74) is 0.691. The number of carbonyl (C=O) groups excluding carboxylic acids is 1.